The van der Waals surface area contributed by atoms with Crippen LogP contribution in [-0.4, -0.2) is 125 Å². The fourth-order valence-electron chi connectivity index (χ4n) is 7.82. The lowest BCUT2D eigenvalue weighted by atomic mass is 9.79. The Morgan fingerprint density at radius 3 is 1.88 bits per heavy atom. The maximum absolute atomic E-state index is 12.9. The second-order valence-corrected chi connectivity index (χ2v) is 18.2. The number of Topliss-reactive ketones (excluding diaryl/α,β-unsaturated/α-hetero) is 1. The summed E-state index contributed by atoms with van der Waals surface area (Å²) < 4.78 is 23.7. The fourth-order valence-corrected chi connectivity index (χ4v) is 7.82. The Labute approximate surface area is 414 Å². The minimum Gasteiger partial charge on any atom is -0.396 e. The molecule has 2 fully saturated rings. The Morgan fingerprint density at radius 2 is 1.52 bits per heavy atom. The molecule has 0 amide bonds. The van der Waals surface area contributed by atoms with Crippen molar-refractivity contribution in [2.75, 3.05) is 33.4 Å². The number of rotatable bonds is 21. The summed E-state index contributed by atoms with van der Waals surface area (Å²) >= 11 is 0. The predicted molar refractivity (Wildman–Crippen MR) is 284 cm³/mol. The number of carbonyl (C=O) groups is 2. The molecule has 0 aromatic heterocycles. The lowest BCUT2D eigenvalue weighted by molar-refractivity contribution is -0.281. The average Bonchev–Trinajstić information content (AvgIpc) is 3.30. The van der Waals surface area contributed by atoms with E-state index in [0.29, 0.717) is 50.8 Å². The number of ketones is 1. The Morgan fingerprint density at radius 1 is 1.00 bits per heavy atom. The monoisotopic (exact) mass is 961 g/mol. The van der Waals surface area contributed by atoms with E-state index in [0.717, 1.165) is 51.5 Å². The minimum atomic E-state index is -1.10. The molecule has 402 valence electrons. The highest BCUT2D eigenvalue weighted by atomic mass is 16.7. The zero-order chi connectivity index (χ0) is 53.9. The molecule has 0 aromatic rings. The van der Waals surface area contributed by atoms with Gasteiger partial charge in [0.25, 0.3) is 0 Å². The van der Waals surface area contributed by atoms with Gasteiger partial charge in [-0.2, -0.15) is 0 Å². The highest BCUT2D eigenvalue weighted by Gasteiger charge is 2.46. The van der Waals surface area contributed by atoms with Crippen LogP contribution in [-0.2, 0) is 28.5 Å². The largest absolute Gasteiger partial charge is 0.396 e. The van der Waals surface area contributed by atoms with Crippen LogP contribution in [0.25, 0.3) is 0 Å². The number of aldehydes is 1. The van der Waals surface area contributed by atoms with Crippen LogP contribution in [0.5, 0.6) is 0 Å². The first-order valence-corrected chi connectivity index (χ1v) is 25.6. The van der Waals surface area contributed by atoms with E-state index < -0.39 is 41.9 Å². The number of hydrogen-bond donors (Lipinski definition) is 5. The van der Waals surface area contributed by atoms with Crippen LogP contribution in [0.1, 0.15) is 189 Å². The van der Waals surface area contributed by atoms with E-state index in [1.165, 1.54) is 6.92 Å². The summed E-state index contributed by atoms with van der Waals surface area (Å²) in [6.45, 7) is 43.8. The number of ether oxygens (including phenoxy) is 4. The molecule has 0 saturated carbocycles. The molecular formula is C55H112N2O10. The molecule has 13 atom stereocenters. The molecule has 5 unspecified atom stereocenters. The van der Waals surface area contributed by atoms with Crippen LogP contribution >= 0.6 is 0 Å². The van der Waals surface area contributed by atoms with Crippen molar-refractivity contribution in [2.45, 2.75) is 244 Å². The number of aliphatic hydroxyl groups is 4. The van der Waals surface area contributed by atoms with Gasteiger partial charge in [-0.05, 0) is 112 Å². The Kier molecular flexibility index (Phi) is 54.4. The summed E-state index contributed by atoms with van der Waals surface area (Å²) in [7, 11) is 1.70. The van der Waals surface area contributed by atoms with Gasteiger partial charge in [-0.1, -0.05) is 107 Å². The van der Waals surface area contributed by atoms with Crippen molar-refractivity contribution in [2.24, 2.45) is 35.3 Å². The summed E-state index contributed by atoms with van der Waals surface area (Å²) in [5, 5.41) is 38.5. The van der Waals surface area contributed by atoms with E-state index in [2.05, 4.69) is 72.8 Å². The molecule has 12 nitrogen and oxygen atoms in total. The van der Waals surface area contributed by atoms with Crippen LogP contribution in [0.4, 0.5) is 0 Å². The van der Waals surface area contributed by atoms with Crippen LogP contribution in [0.15, 0.2) is 24.8 Å². The highest BCUT2D eigenvalue weighted by Crippen LogP contribution is 2.39. The molecule has 2 aliphatic rings. The van der Waals surface area contributed by atoms with Crippen LogP contribution in [0.3, 0.4) is 0 Å². The fraction of sp³-hybridized carbons (Fsp3) is 0.855. The quantitative estimate of drug-likeness (QED) is 0.0418. The van der Waals surface area contributed by atoms with Gasteiger partial charge in [0.05, 0.1) is 29.5 Å². The van der Waals surface area contributed by atoms with E-state index in [-0.39, 0.29) is 35.7 Å². The molecule has 0 aromatic carbocycles. The van der Waals surface area contributed by atoms with Crippen LogP contribution in [0, 0.1) is 42.4 Å². The maximum Gasteiger partial charge on any atom is 0.166 e. The van der Waals surface area contributed by atoms with Crippen molar-refractivity contribution in [1.82, 2.24) is 4.90 Å². The number of terminal acetylenes is 1. The van der Waals surface area contributed by atoms with E-state index >= 15 is 0 Å². The van der Waals surface area contributed by atoms with Crippen molar-refractivity contribution < 1.29 is 49.0 Å². The second-order valence-electron chi connectivity index (χ2n) is 18.2. The number of methoxy groups -OCH3 is 1. The summed E-state index contributed by atoms with van der Waals surface area (Å²) in [5.41, 5.74) is 3.61. The summed E-state index contributed by atoms with van der Waals surface area (Å²) in [5.74, 6) is -0.0150. The van der Waals surface area contributed by atoms with E-state index in [9.17, 15) is 19.8 Å². The Hall–Kier alpha value is -2.02. The number of hydrogen-bond acceptors (Lipinski definition) is 12. The van der Waals surface area contributed by atoms with E-state index in [1.807, 2.05) is 81.4 Å². The normalized spacial score (nSPS) is 25.0. The first-order chi connectivity index (χ1) is 31.4. The number of carbonyl (C=O) groups excluding carboxylic acids is 2. The molecule has 2 saturated heterocycles. The summed E-state index contributed by atoms with van der Waals surface area (Å²) in [6, 6.07) is 0.310. The van der Waals surface area contributed by atoms with Crippen molar-refractivity contribution in [3.05, 3.63) is 24.8 Å². The number of allylic oxidation sites excluding steroid dienone is 3. The minimum absolute atomic E-state index is 0.0931. The molecule has 2 aliphatic heterocycles. The zero-order valence-corrected chi connectivity index (χ0v) is 47.1. The van der Waals surface area contributed by atoms with Gasteiger partial charge in [-0.25, -0.2) is 0 Å². The van der Waals surface area contributed by atoms with Gasteiger partial charge < -0.3 is 54.8 Å². The second kappa shape index (κ2) is 47.6. The number of aliphatic hydroxyl groups excluding tert-OH is 3. The summed E-state index contributed by atoms with van der Waals surface area (Å²) in [6.07, 6.45) is 19.0. The average molecular weight is 962 g/mol. The molecule has 6 N–H and O–H groups in total. The molecule has 12 heteroatoms. The van der Waals surface area contributed by atoms with Gasteiger partial charge in [0.1, 0.15) is 12.4 Å². The van der Waals surface area contributed by atoms with Gasteiger partial charge in [0, 0.05) is 63.9 Å². The maximum atomic E-state index is 12.9. The van der Waals surface area contributed by atoms with Crippen molar-refractivity contribution in [1.29, 1.82) is 0 Å². The highest BCUT2D eigenvalue weighted by molar-refractivity contribution is 5.85. The molecule has 2 rings (SSSR count). The lowest BCUT2D eigenvalue weighted by Crippen LogP contribution is -2.53. The van der Waals surface area contributed by atoms with Crippen molar-refractivity contribution >= 4 is 12.1 Å². The SMILES string of the molecule is C#C.C=C/C=C\C.CC.CC.CCC1CC(C)OC(O)C1.CCCN.CCCO.CO[C@]1(C)C[C@H](O[C@H](C(C)C(=O)[C@H](C)O)[C@H](C)C[C@](C)(O)C[C@@H](C)CN(CCC=O)C(C)C)OC(C)[C@@H]1C. The van der Waals surface area contributed by atoms with Crippen LogP contribution < -0.4 is 5.73 Å². The zero-order valence-electron chi connectivity index (χ0n) is 47.1. The lowest BCUT2D eigenvalue weighted by Gasteiger charge is -2.47. The topological polar surface area (TPSA) is 181 Å². The third-order valence-electron chi connectivity index (χ3n) is 11.7. The summed E-state index contributed by atoms with van der Waals surface area (Å²) in [4.78, 5) is 26.0. The van der Waals surface area contributed by atoms with Crippen molar-refractivity contribution in [3.63, 3.8) is 0 Å². The van der Waals surface area contributed by atoms with Crippen LogP contribution in [0.2, 0.25) is 0 Å². The smallest absolute Gasteiger partial charge is 0.166 e. The Balaban J connectivity index is -0.000000258. The van der Waals surface area contributed by atoms with Gasteiger partial charge in [0.2, 0.25) is 0 Å². The number of nitrogens with zero attached hydrogens (tertiary/aromatic N) is 1. The first kappa shape index (κ1) is 76.5. The third kappa shape index (κ3) is 38.4. The number of nitrogens with two attached hydrogens (primary N) is 1. The molecule has 0 aliphatic carbocycles. The molecule has 0 radical (unpaired) electrons. The van der Waals surface area contributed by atoms with Crippen molar-refractivity contribution in [3.8, 4) is 12.8 Å². The molecule has 0 spiro atoms. The standard InChI is InChI=1S/C30H57NO7.C8H16O2.C5H8.C3H9N.C3H8O.2C2H6.C2H2/c1-19(2)31(13-12-14-32)18-20(3)15-29(9,35)16-21(4)28(22(5)27(34)24(7)33)38-26-17-30(10,36-11)23(6)25(8)37-26;1-3-7-4-6(2)10-8(9)5-7;1-3-5-4-2;2*1-2-3-4;3*1-2/h14,19-26,28,33,35H,12-13,15-18H2,1-11H3;6-9H,3-5H2,1-2H3;3-5H,1H2,2H3;2-4H2,1H3;4H,2-3H2,1H3;2*1-2H3;1-2H/b;;5-4-;;;;;/t20-,21-,22?,23+,24+,25?,26+,28+,29-,30-;;;;;;;/m1......./s1. The van der Waals surface area contributed by atoms with Gasteiger partial charge in [-0.15, -0.1) is 12.8 Å². The molecular weight excluding hydrogens is 849 g/mol. The molecule has 0 bridgehead atoms. The van der Waals surface area contributed by atoms with Gasteiger partial charge in [0.15, 0.2) is 18.4 Å². The molecule has 2 heterocycles. The van der Waals surface area contributed by atoms with E-state index in [4.69, 9.17) is 34.9 Å². The third-order valence-corrected chi connectivity index (χ3v) is 11.7. The van der Waals surface area contributed by atoms with Gasteiger partial charge >= 0.3 is 0 Å². The van der Waals surface area contributed by atoms with Gasteiger partial charge in [-0.3, -0.25) is 4.79 Å². The predicted octanol–water partition coefficient (Wildman–Crippen LogP) is 10.6. The molecule has 67 heavy (non-hydrogen) atoms. The van der Waals surface area contributed by atoms with E-state index in [1.54, 1.807) is 20.1 Å². The Bertz CT molecular complexity index is 1150. The first-order valence-electron chi connectivity index (χ1n) is 25.6.